The largest absolute Gasteiger partial charge is 0.369 e. The van der Waals surface area contributed by atoms with Gasteiger partial charge in [-0.3, -0.25) is 14.3 Å². The van der Waals surface area contributed by atoms with Crippen molar-refractivity contribution in [3.8, 4) is 11.8 Å². The van der Waals surface area contributed by atoms with E-state index in [1.807, 2.05) is 38.3 Å². The molecule has 0 aliphatic carbocycles. The molecule has 37 heavy (non-hydrogen) atoms. The number of anilines is 3. The molecular formula is C26H39N9O2. The Morgan fingerprint density at radius 3 is 2.70 bits per heavy atom. The second kappa shape index (κ2) is 15.3. The van der Waals surface area contributed by atoms with Crippen molar-refractivity contribution in [2.75, 3.05) is 51.4 Å². The molecule has 1 atom stereocenters. The number of nitrogens with one attached hydrogen (secondary N) is 3. The lowest BCUT2D eigenvalue weighted by Gasteiger charge is -2.23. The first-order valence-electron chi connectivity index (χ1n) is 12.4. The number of aryl methyl sites for hydroxylation is 1. The van der Waals surface area contributed by atoms with E-state index in [9.17, 15) is 9.59 Å². The SMILES string of the molecule is CCCNc1nc(Nc2ccn(C)n2)ncc1C#CCCCNC(=O)[C@H](C)N(C)C(=O)C=CCN(C)C. The zero-order chi connectivity index (χ0) is 27.2. The molecule has 0 aliphatic rings. The topological polar surface area (TPSA) is 120 Å². The fraction of sp³-hybridized carbons (Fsp3) is 0.500. The third-order valence-corrected chi connectivity index (χ3v) is 5.32. The summed E-state index contributed by atoms with van der Waals surface area (Å²) in [5, 5.41) is 13.5. The van der Waals surface area contributed by atoms with Gasteiger partial charge in [-0.05, 0) is 33.9 Å². The number of aromatic nitrogens is 4. The van der Waals surface area contributed by atoms with Gasteiger partial charge in [0.1, 0.15) is 11.9 Å². The van der Waals surface area contributed by atoms with Crippen LogP contribution in [0.4, 0.5) is 17.6 Å². The summed E-state index contributed by atoms with van der Waals surface area (Å²) in [6.07, 6.45) is 9.03. The number of likely N-dealkylation sites (N-methyl/N-ethyl adjacent to an activating group) is 2. The van der Waals surface area contributed by atoms with Crippen molar-refractivity contribution in [3.63, 3.8) is 0 Å². The number of unbranched alkanes of at least 4 members (excludes halogenated alkanes) is 1. The third kappa shape index (κ3) is 10.3. The summed E-state index contributed by atoms with van der Waals surface area (Å²) in [4.78, 5) is 36.9. The number of hydrogen-bond acceptors (Lipinski definition) is 8. The first kappa shape index (κ1) is 29.3. The molecule has 2 heterocycles. The number of nitrogens with zero attached hydrogens (tertiary/aromatic N) is 6. The minimum atomic E-state index is -0.565. The Morgan fingerprint density at radius 2 is 2.03 bits per heavy atom. The van der Waals surface area contributed by atoms with Gasteiger partial charge in [-0.2, -0.15) is 10.1 Å². The second-order valence-corrected chi connectivity index (χ2v) is 8.87. The van der Waals surface area contributed by atoms with E-state index < -0.39 is 6.04 Å². The van der Waals surface area contributed by atoms with E-state index in [0.29, 0.717) is 49.1 Å². The Hall–Kier alpha value is -3.91. The van der Waals surface area contributed by atoms with Crippen LogP contribution in [-0.4, -0.2) is 88.2 Å². The van der Waals surface area contributed by atoms with E-state index in [1.165, 1.54) is 11.0 Å². The highest BCUT2D eigenvalue weighted by atomic mass is 16.2. The Kier molecular flexibility index (Phi) is 12.1. The first-order chi connectivity index (χ1) is 17.7. The van der Waals surface area contributed by atoms with Crippen LogP contribution in [0.25, 0.3) is 0 Å². The minimum absolute atomic E-state index is 0.194. The van der Waals surface area contributed by atoms with Gasteiger partial charge in [-0.15, -0.1) is 0 Å². The van der Waals surface area contributed by atoms with Crippen LogP contribution in [0, 0.1) is 11.8 Å². The lowest BCUT2D eigenvalue weighted by Crippen LogP contribution is -2.45. The molecule has 0 radical (unpaired) electrons. The van der Waals surface area contributed by atoms with Crippen molar-refractivity contribution < 1.29 is 9.59 Å². The van der Waals surface area contributed by atoms with Crippen molar-refractivity contribution in [1.29, 1.82) is 0 Å². The summed E-state index contributed by atoms with van der Waals surface area (Å²) in [7, 11) is 7.32. The van der Waals surface area contributed by atoms with Gasteiger partial charge in [0.2, 0.25) is 17.8 Å². The van der Waals surface area contributed by atoms with Crippen LogP contribution in [0.3, 0.4) is 0 Å². The van der Waals surface area contributed by atoms with Crippen molar-refractivity contribution in [2.45, 2.75) is 39.2 Å². The van der Waals surface area contributed by atoms with Gasteiger partial charge in [0, 0.05) is 58.5 Å². The van der Waals surface area contributed by atoms with Crippen molar-refractivity contribution in [3.05, 3.63) is 36.2 Å². The minimum Gasteiger partial charge on any atom is -0.369 e. The van der Waals surface area contributed by atoms with E-state index in [0.717, 1.165) is 13.0 Å². The normalized spacial score (nSPS) is 11.6. The molecule has 0 saturated heterocycles. The van der Waals surface area contributed by atoms with Crippen molar-refractivity contribution >= 4 is 29.4 Å². The molecule has 0 spiro atoms. The number of carbonyl (C=O) groups excluding carboxylic acids is 2. The molecule has 11 heteroatoms. The standard InChI is InChI=1S/C26H39N9O2/c1-7-15-27-24-21(19-29-26(31-24)30-22-14-18-34(5)32-22)12-9-8-10-16-28-25(37)20(2)35(6)23(36)13-11-17-33(3)4/h11,13-14,18-20H,7-8,10,15-17H2,1-6H3,(H,28,37)(H2,27,29,30,31,32)/t20-/m0/s1. The molecular weight excluding hydrogens is 470 g/mol. The van der Waals surface area contributed by atoms with Gasteiger partial charge in [-0.1, -0.05) is 24.8 Å². The molecule has 11 nitrogen and oxygen atoms in total. The first-order valence-corrected chi connectivity index (χ1v) is 12.4. The molecule has 200 valence electrons. The Labute approximate surface area is 219 Å². The molecule has 3 N–H and O–H groups in total. The number of amides is 2. The molecule has 0 bridgehead atoms. The maximum atomic E-state index is 12.4. The number of rotatable bonds is 13. The van der Waals surface area contributed by atoms with E-state index in [4.69, 9.17) is 0 Å². The summed E-state index contributed by atoms with van der Waals surface area (Å²) in [6, 6.07) is 1.28. The Balaban J connectivity index is 1.85. The van der Waals surface area contributed by atoms with Crippen LogP contribution in [-0.2, 0) is 16.6 Å². The van der Waals surface area contributed by atoms with Crippen LogP contribution < -0.4 is 16.0 Å². The summed E-state index contributed by atoms with van der Waals surface area (Å²) >= 11 is 0. The molecule has 0 aliphatic heterocycles. The number of hydrogen-bond donors (Lipinski definition) is 3. The van der Waals surface area contributed by atoms with Crippen LogP contribution in [0.15, 0.2) is 30.6 Å². The fourth-order valence-corrected chi connectivity index (χ4v) is 3.05. The predicted octanol–water partition coefficient (Wildman–Crippen LogP) is 1.99. The van der Waals surface area contributed by atoms with E-state index in [2.05, 4.69) is 49.8 Å². The Bertz CT molecular complexity index is 1110. The zero-order valence-electron chi connectivity index (χ0n) is 22.7. The summed E-state index contributed by atoms with van der Waals surface area (Å²) < 4.78 is 1.70. The molecule has 0 fully saturated rings. The molecule has 0 saturated carbocycles. The predicted molar refractivity (Wildman–Crippen MR) is 146 cm³/mol. The maximum Gasteiger partial charge on any atom is 0.246 e. The second-order valence-electron chi connectivity index (χ2n) is 8.87. The van der Waals surface area contributed by atoms with Gasteiger partial charge in [-0.25, -0.2) is 4.98 Å². The van der Waals surface area contributed by atoms with Gasteiger partial charge in [0.15, 0.2) is 5.82 Å². The van der Waals surface area contributed by atoms with E-state index >= 15 is 0 Å². The quantitative estimate of drug-likeness (QED) is 0.213. The van der Waals surface area contributed by atoms with Crippen molar-refractivity contribution in [1.82, 2.24) is 34.9 Å². The van der Waals surface area contributed by atoms with Gasteiger partial charge >= 0.3 is 0 Å². The number of carbonyl (C=O) groups is 2. The average molecular weight is 510 g/mol. The van der Waals surface area contributed by atoms with Gasteiger partial charge in [0.25, 0.3) is 0 Å². The van der Waals surface area contributed by atoms with Crippen LogP contribution in [0.1, 0.15) is 38.7 Å². The molecule has 2 aromatic heterocycles. The van der Waals surface area contributed by atoms with Crippen LogP contribution in [0.5, 0.6) is 0 Å². The van der Waals surface area contributed by atoms with E-state index in [1.54, 1.807) is 30.9 Å². The maximum absolute atomic E-state index is 12.4. The molecule has 2 rings (SSSR count). The summed E-state index contributed by atoms with van der Waals surface area (Å²) in [5.41, 5.74) is 0.708. The van der Waals surface area contributed by atoms with E-state index in [-0.39, 0.29) is 11.8 Å². The lowest BCUT2D eigenvalue weighted by atomic mass is 10.2. The summed E-state index contributed by atoms with van der Waals surface area (Å²) in [6.45, 7) is 5.69. The monoisotopic (exact) mass is 509 g/mol. The lowest BCUT2D eigenvalue weighted by molar-refractivity contribution is -0.135. The highest BCUT2D eigenvalue weighted by molar-refractivity contribution is 5.92. The molecule has 0 aromatic carbocycles. The molecule has 2 amide bonds. The van der Waals surface area contributed by atoms with Gasteiger partial charge in [0.05, 0.1) is 11.8 Å². The van der Waals surface area contributed by atoms with Crippen LogP contribution >= 0.6 is 0 Å². The van der Waals surface area contributed by atoms with Gasteiger partial charge < -0.3 is 25.8 Å². The Morgan fingerprint density at radius 1 is 1.24 bits per heavy atom. The highest BCUT2D eigenvalue weighted by Gasteiger charge is 2.20. The molecule has 2 aromatic rings. The van der Waals surface area contributed by atoms with Crippen LogP contribution in [0.2, 0.25) is 0 Å². The third-order valence-electron chi connectivity index (χ3n) is 5.32. The fourth-order valence-electron chi connectivity index (χ4n) is 3.05. The van der Waals surface area contributed by atoms with Crippen molar-refractivity contribution in [2.24, 2.45) is 7.05 Å². The molecule has 0 unspecified atom stereocenters. The smallest absolute Gasteiger partial charge is 0.246 e. The average Bonchev–Trinajstić information content (AvgIpc) is 3.28. The zero-order valence-corrected chi connectivity index (χ0v) is 22.7. The summed E-state index contributed by atoms with van der Waals surface area (Å²) in [5.74, 6) is 7.63. The highest BCUT2D eigenvalue weighted by Crippen LogP contribution is 2.16.